The van der Waals surface area contributed by atoms with Crippen LogP contribution in [0.15, 0.2) is 35.1 Å². The lowest BCUT2D eigenvalue weighted by molar-refractivity contribution is 0.0934. The van der Waals surface area contributed by atoms with Crippen LogP contribution < -0.4 is 5.32 Å². The molecule has 0 fully saturated rings. The number of hydrogen-bond acceptors (Lipinski definition) is 5. The highest BCUT2D eigenvalue weighted by atomic mass is 16.5. The minimum Gasteiger partial charge on any atom is -0.340 e. The van der Waals surface area contributed by atoms with Crippen LogP contribution in [0.25, 0.3) is 5.52 Å². The smallest absolute Gasteiger partial charge is 0.255 e. The van der Waals surface area contributed by atoms with Gasteiger partial charge < -0.3 is 9.84 Å². The summed E-state index contributed by atoms with van der Waals surface area (Å²) in [4.78, 5) is 16.8. The normalized spacial score (nSPS) is 12.7. The van der Waals surface area contributed by atoms with Crippen molar-refractivity contribution in [1.29, 1.82) is 0 Å². The molecule has 0 spiro atoms. The van der Waals surface area contributed by atoms with E-state index in [0.29, 0.717) is 23.2 Å². The zero-order valence-electron chi connectivity index (χ0n) is 13.4. The van der Waals surface area contributed by atoms with Crippen LogP contribution in [0, 0.1) is 5.92 Å². The Kier molecular flexibility index (Phi) is 4.10. The number of carbonyl (C=O) groups excluding carboxylic acids is 1. The van der Waals surface area contributed by atoms with Crippen molar-refractivity contribution in [3.8, 4) is 0 Å². The molecule has 0 aliphatic rings. The maximum Gasteiger partial charge on any atom is 0.255 e. The van der Waals surface area contributed by atoms with E-state index < -0.39 is 0 Å². The molecule has 0 aliphatic carbocycles. The highest BCUT2D eigenvalue weighted by Crippen LogP contribution is 2.15. The summed E-state index contributed by atoms with van der Waals surface area (Å²) in [6, 6.07) is 5.21. The number of rotatable bonds is 5. The van der Waals surface area contributed by atoms with Gasteiger partial charge in [0.05, 0.1) is 17.3 Å². The highest BCUT2D eigenvalue weighted by Gasteiger charge is 2.20. The van der Waals surface area contributed by atoms with Crippen LogP contribution >= 0.6 is 0 Å². The van der Waals surface area contributed by atoms with Crippen molar-refractivity contribution >= 4 is 11.4 Å². The minimum atomic E-state index is -0.366. The molecule has 3 aromatic rings. The van der Waals surface area contributed by atoms with Gasteiger partial charge in [-0.3, -0.25) is 4.79 Å². The largest absolute Gasteiger partial charge is 0.340 e. The van der Waals surface area contributed by atoms with E-state index in [1.54, 1.807) is 16.9 Å². The number of amides is 1. The van der Waals surface area contributed by atoms with Gasteiger partial charge in [-0.15, -0.1) is 0 Å². The maximum absolute atomic E-state index is 12.4. The van der Waals surface area contributed by atoms with Crippen molar-refractivity contribution in [2.24, 2.45) is 5.92 Å². The third kappa shape index (κ3) is 3.23. The van der Waals surface area contributed by atoms with Crippen molar-refractivity contribution in [2.75, 3.05) is 0 Å². The molecular formula is C16H19N5O2. The average molecular weight is 313 g/mol. The van der Waals surface area contributed by atoms with E-state index in [9.17, 15) is 4.79 Å². The molecule has 3 heterocycles. The summed E-state index contributed by atoms with van der Waals surface area (Å²) in [7, 11) is 0. The number of hydrogen-bond donors (Lipinski definition) is 1. The molecule has 0 bridgehead atoms. The SMILES string of the molecule is CC(C)Cc1noc(C(C)NC(=O)c2cnn3ccccc23)n1. The molecule has 23 heavy (non-hydrogen) atoms. The molecule has 3 rings (SSSR count). The first-order valence-electron chi connectivity index (χ1n) is 7.60. The minimum absolute atomic E-state index is 0.220. The Hall–Kier alpha value is -2.70. The van der Waals surface area contributed by atoms with Gasteiger partial charge in [-0.2, -0.15) is 10.1 Å². The second-order valence-corrected chi connectivity index (χ2v) is 5.93. The standard InChI is InChI=1S/C16H19N5O2/c1-10(2)8-14-19-16(23-20-14)11(3)18-15(22)12-9-17-21-7-5-4-6-13(12)21/h4-7,9-11H,8H2,1-3H3,(H,18,22). The Labute approximate surface area is 133 Å². The van der Waals surface area contributed by atoms with Crippen molar-refractivity contribution in [3.63, 3.8) is 0 Å². The lowest BCUT2D eigenvalue weighted by Gasteiger charge is -2.08. The van der Waals surface area contributed by atoms with Crippen molar-refractivity contribution in [2.45, 2.75) is 33.2 Å². The number of fused-ring (bicyclic) bond motifs is 1. The van der Waals surface area contributed by atoms with Crippen molar-refractivity contribution in [3.05, 3.63) is 47.9 Å². The lowest BCUT2D eigenvalue weighted by atomic mass is 10.1. The fourth-order valence-corrected chi connectivity index (χ4v) is 2.34. The number of nitrogens with zero attached hydrogens (tertiary/aromatic N) is 4. The molecule has 1 unspecified atom stereocenters. The van der Waals surface area contributed by atoms with Crippen LogP contribution in [0.5, 0.6) is 0 Å². The molecule has 7 heteroatoms. The predicted molar refractivity (Wildman–Crippen MR) is 83.9 cm³/mol. The quantitative estimate of drug-likeness (QED) is 0.782. The Morgan fingerprint density at radius 1 is 1.35 bits per heavy atom. The molecular weight excluding hydrogens is 294 g/mol. The summed E-state index contributed by atoms with van der Waals surface area (Å²) in [5.74, 6) is 1.30. The molecule has 0 aromatic carbocycles. The third-order valence-corrected chi connectivity index (χ3v) is 3.46. The second kappa shape index (κ2) is 6.20. The first-order chi connectivity index (χ1) is 11.0. The van der Waals surface area contributed by atoms with Gasteiger partial charge >= 0.3 is 0 Å². The molecule has 0 aliphatic heterocycles. The van der Waals surface area contributed by atoms with E-state index in [-0.39, 0.29) is 11.9 Å². The molecule has 7 nitrogen and oxygen atoms in total. The number of aromatic nitrogens is 4. The number of carbonyl (C=O) groups is 1. The zero-order chi connectivity index (χ0) is 16.4. The molecule has 1 amide bonds. The first kappa shape index (κ1) is 15.2. The van der Waals surface area contributed by atoms with Crippen molar-refractivity contribution < 1.29 is 9.32 Å². The van der Waals surface area contributed by atoms with E-state index >= 15 is 0 Å². The highest BCUT2D eigenvalue weighted by molar-refractivity contribution is 6.00. The van der Waals surface area contributed by atoms with Gasteiger partial charge in [-0.25, -0.2) is 4.52 Å². The van der Waals surface area contributed by atoms with Crippen LogP contribution in [0.2, 0.25) is 0 Å². The summed E-state index contributed by atoms with van der Waals surface area (Å²) in [6.45, 7) is 6.00. The molecule has 1 atom stereocenters. The molecule has 3 aromatic heterocycles. The Morgan fingerprint density at radius 3 is 2.96 bits per heavy atom. The van der Waals surface area contributed by atoms with Crippen molar-refractivity contribution in [1.82, 2.24) is 25.1 Å². The van der Waals surface area contributed by atoms with Gasteiger partial charge in [-0.1, -0.05) is 25.1 Å². The average Bonchev–Trinajstić information content (AvgIpc) is 3.13. The van der Waals surface area contributed by atoms with Gasteiger partial charge in [0.25, 0.3) is 5.91 Å². The fraction of sp³-hybridized carbons (Fsp3) is 0.375. The van der Waals surface area contributed by atoms with E-state index in [0.717, 1.165) is 11.9 Å². The summed E-state index contributed by atoms with van der Waals surface area (Å²) < 4.78 is 6.90. The van der Waals surface area contributed by atoms with Gasteiger partial charge in [0, 0.05) is 12.6 Å². The molecule has 120 valence electrons. The van der Waals surface area contributed by atoms with Gasteiger partial charge in [0.15, 0.2) is 5.82 Å². The van der Waals surface area contributed by atoms with E-state index in [2.05, 4.69) is 34.4 Å². The number of nitrogens with one attached hydrogen (secondary N) is 1. The van der Waals surface area contributed by atoms with Gasteiger partial charge in [0.1, 0.15) is 6.04 Å². The lowest BCUT2D eigenvalue weighted by Crippen LogP contribution is -2.26. The molecule has 0 saturated carbocycles. The predicted octanol–water partition coefficient (Wildman–Crippen LogP) is 2.41. The Morgan fingerprint density at radius 2 is 2.17 bits per heavy atom. The van der Waals surface area contributed by atoms with Gasteiger partial charge in [-0.05, 0) is 25.0 Å². The summed E-state index contributed by atoms with van der Waals surface area (Å²) in [5, 5.41) is 11.0. The summed E-state index contributed by atoms with van der Waals surface area (Å²) >= 11 is 0. The van der Waals surface area contributed by atoms with E-state index in [1.807, 2.05) is 25.1 Å². The fourth-order valence-electron chi connectivity index (χ4n) is 2.34. The Balaban J connectivity index is 1.73. The monoisotopic (exact) mass is 313 g/mol. The zero-order valence-corrected chi connectivity index (χ0v) is 13.4. The molecule has 1 N–H and O–H groups in total. The molecule has 0 radical (unpaired) electrons. The van der Waals surface area contributed by atoms with E-state index in [1.165, 1.54) is 0 Å². The second-order valence-electron chi connectivity index (χ2n) is 5.93. The van der Waals surface area contributed by atoms with Crippen LogP contribution in [0.4, 0.5) is 0 Å². The topological polar surface area (TPSA) is 85.3 Å². The summed E-state index contributed by atoms with van der Waals surface area (Å²) in [6.07, 6.45) is 4.10. The first-order valence-corrected chi connectivity index (χ1v) is 7.60. The third-order valence-electron chi connectivity index (χ3n) is 3.46. The van der Waals surface area contributed by atoms with E-state index in [4.69, 9.17) is 4.52 Å². The maximum atomic E-state index is 12.4. The molecule has 0 saturated heterocycles. The van der Waals surface area contributed by atoms with Crippen LogP contribution in [0.3, 0.4) is 0 Å². The van der Waals surface area contributed by atoms with Crippen LogP contribution in [0.1, 0.15) is 48.9 Å². The van der Waals surface area contributed by atoms with Crippen LogP contribution in [-0.2, 0) is 6.42 Å². The Bertz CT molecular complexity index is 821. The summed E-state index contributed by atoms with van der Waals surface area (Å²) in [5.41, 5.74) is 1.27. The number of pyridine rings is 1. The van der Waals surface area contributed by atoms with Gasteiger partial charge in [0.2, 0.25) is 5.89 Å². The van der Waals surface area contributed by atoms with Crippen LogP contribution in [-0.4, -0.2) is 25.7 Å².